The van der Waals surface area contributed by atoms with Crippen molar-refractivity contribution < 1.29 is 0 Å². The molecule has 0 atom stereocenters. The number of rotatable bonds is 0. The Labute approximate surface area is 56.7 Å². The van der Waals surface area contributed by atoms with Gasteiger partial charge in [-0.05, 0) is 19.9 Å². The summed E-state index contributed by atoms with van der Waals surface area (Å²) in [4.78, 5) is 2.23. The molecule has 0 unspecified atom stereocenters. The molecule has 50 valence electrons. The van der Waals surface area contributed by atoms with Crippen LogP contribution in [0.5, 0.6) is 0 Å². The maximum absolute atomic E-state index is 2.23. The second-order valence-electron chi connectivity index (χ2n) is 2.61. The zero-order valence-corrected chi connectivity index (χ0v) is 6.31. The molecule has 0 spiro atoms. The van der Waals surface area contributed by atoms with Crippen molar-refractivity contribution in [3.05, 3.63) is 23.4 Å². The van der Waals surface area contributed by atoms with Gasteiger partial charge in [0.1, 0.15) is 0 Å². The highest BCUT2D eigenvalue weighted by Gasteiger charge is 2.00. The van der Waals surface area contributed by atoms with Gasteiger partial charge in [0.05, 0.1) is 0 Å². The standard InChI is InChI=1S/C8H13N/c1-7-4-5-9(3)8(2)6-7/h4,6H,5H2,1-3H3. The van der Waals surface area contributed by atoms with Crippen LogP contribution in [-0.2, 0) is 0 Å². The molecule has 0 saturated heterocycles. The molecule has 9 heavy (non-hydrogen) atoms. The molecular formula is C8H13N. The molecule has 1 heterocycles. The fourth-order valence-electron chi connectivity index (χ4n) is 0.924. The van der Waals surface area contributed by atoms with E-state index < -0.39 is 0 Å². The Morgan fingerprint density at radius 2 is 2.11 bits per heavy atom. The average Bonchev–Trinajstić information content (AvgIpc) is 1.80. The number of allylic oxidation sites excluding steroid dienone is 3. The van der Waals surface area contributed by atoms with Crippen LogP contribution in [0.15, 0.2) is 23.4 Å². The summed E-state index contributed by atoms with van der Waals surface area (Å²) in [5.41, 5.74) is 2.74. The van der Waals surface area contributed by atoms with Crippen LogP contribution in [0.3, 0.4) is 0 Å². The molecule has 0 fully saturated rings. The molecule has 0 radical (unpaired) electrons. The number of hydrogen-bond acceptors (Lipinski definition) is 1. The predicted octanol–water partition coefficient (Wildman–Crippen LogP) is 1.78. The minimum absolute atomic E-state index is 1.06. The maximum Gasteiger partial charge on any atom is 0.0358 e. The average molecular weight is 123 g/mol. The first kappa shape index (κ1) is 6.40. The van der Waals surface area contributed by atoms with Crippen molar-refractivity contribution in [2.45, 2.75) is 13.8 Å². The zero-order valence-electron chi connectivity index (χ0n) is 6.31. The van der Waals surface area contributed by atoms with Gasteiger partial charge in [-0.1, -0.05) is 11.6 Å². The van der Waals surface area contributed by atoms with Gasteiger partial charge in [0.15, 0.2) is 0 Å². The van der Waals surface area contributed by atoms with Crippen molar-refractivity contribution in [1.29, 1.82) is 0 Å². The normalized spacial score (nSPS) is 19.2. The van der Waals surface area contributed by atoms with Crippen molar-refractivity contribution in [3.8, 4) is 0 Å². The SMILES string of the molecule is CC1=CCN(C)C(C)=C1. The molecule has 1 aliphatic rings. The fraction of sp³-hybridized carbons (Fsp3) is 0.500. The summed E-state index contributed by atoms with van der Waals surface area (Å²) < 4.78 is 0. The molecule has 1 nitrogen and oxygen atoms in total. The van der Waals surface area contributed by atoms with Gasteiger partial charge in [0.2, 0.25) is 0 Å². The minimum atomic E-state index is 1.06. The van der Waals surface area contributed by atoms with Crippen LogP contribution in [0.2, 0.25) is 0 Å². The Bertz CT molecular complexity index is 165. The minimum Gasteiger partial charge on any atom is -0.374 e. The lowest BCUT2D eigenvalue weighted by Gasteiger charge is -2.21. The van der Waals surface area contributed by atoms with E-state index in [9.17, 15) is 0 Å². The predicted molar refractivity (Wildman–Crippen MR) is 40.1 cm³/mol. The van der Waals surface area contributed by atoms with Gasteiger partial charge in [-0.2, -0.15) is 0 Å². The van der Waals surface area contributed by atoms with E-state index in [-0.39, 0.29) is 0 Å². The smallest absolute Gasteiger partial charge is 0.0358 e. The van der Waals surface area contributed by atoms with Crippen LogP contribution < -0.4 is 0 Å². The van der Waals surface area contributed by atoms with Crippen molar-refractivity contribution in [2.24, 2.45) is 0 Å². The molecule has 0 saturated carbocycles. The number of likely N-dealkylation sites (N-methyl/N-ethyl adjacent to an activating group) is 1. The largest absolute Gasteiger partial charge is 0.374 e. The van der Waals surface area contributed by atoms with E-state index >= 15 is 0 Å². The zero-order chi connectivity index (χ0) is 6.85. The van der Waals surface area contributed by atoms with Gasteiger partial charge < -0.3 is 4.90 Å². The lowest BCUT2D eigenvalue weighted by Crippen LogP contribution is -2.18. The highest BCUT2D eigenvalue weighted by Crippen LogP contribution is 2.10. The number of hydrogen-bond donors (Lipinski definition) is 0. The summed E-state index contributed by atoms with van der Waals surface area (Å²) in [5, 5.41) is 0. The number of nitrogens with zero attached hydrogens (tertiary/aromatic N) is 1. The molecule has 1 heteroatoms. The molecule has 1 rings (SSSR count). The lowest BCUT2D eigenvalue weighted by atomic mass is 10.2. The van der Waals surface area contributed by atoms with Gasteiger partial charge >= 0.3 is 0 Å². The van der Waals surface area contributed by atoms with E-state index in [0.717, 1.165) is 6.54 Å². The molecule has 0 aromatic carbocycles. The van der Waals surface area contributed by atoms with E-state index in [4.69, 9.17) is 0 Å². The van der Waals surface area contributed by atoms with Gasteiger partial charge in [-0.25, -0.2) is 0 Å². The van der Waals surface area contributed by atoms with Crippen LogP contribution in [-0.4, -0.2) is 18.5 Å². The third kappa shape index (κ3) is 1.35. The molecule has 0 aromatic rings. The van der Waals surface area contributed by atoms with Gasteiger partial charge in [0.25, 0.3) is 0 Å². The quantitative estimate of drug-likeness (QED) is 0.474. The summed E-state index contributed by atoms with van der Waals surface area (Å²) in [6.07, 6.45) is 4.43. The van der Waals surface area contributed by atoms with E-state index in [2.05, 4.69) is 37.9 Å². The maximum atomic E-state index is 2.23. The first-order valence-electron chi connectivity index (χ1n) is 3.26. The van der Waals surface area contributed by atoms with E-state index in [1.807, 2.05) is 0 Å². The van der Waals surface area contributed by atoms with Crippen LogP contribution in [0.1, 0.15) is 13.8 Å². The van der Waals surface area contributed by atoms with Crippen molar-refractivity contribution >= 4 is 0 Å². The Kier molecular flexibility index (Phi) is 1.60. The van der Waals surface area contributed by atoms with Crippen molar-refractivity contribution in [2.75, 3.05) is 13.6 Å². The molecule has 0 aliphatic carbocycles. The van der Waals surface area contributed by atoms with E-state index in [0.29, 0.717) is 0 Å². The molecule has 1 aliphatic heterocycles. The highest BCUT2D eigenvalue weighted by molar-refractivity contribution is 5.24. The molecule has 0 N–H and O–H groups in total. The topological polar surface area (TPSA) is 3.24 Å². The van der Waals surface area contributed by atoms with Crippen LogP contribution in [0.4, 0.5) is 0 Å². The van der Waals surface area contributed by atoms with Gasteiger partial charge in [0, 0.05) is 19.3 Å². The summed E-state index contributed by atoms with van der Waals surface area (Å²) in [6, 6.07) is 0. The second kappa shape index (κ2) is 2.26. The third-order valence-electron chi connectivity index (χ3n) is 1.73. The van der Waals surface area contributed by atoms with Gasteiger partial charge in [-0.3, -0.25) is 0 Å². The Balaban J connectivity index is 2.74. The van der Waals surface area contributed by atoms with E-state index in [1.165, 1.54) is 11.3 Å². The molecule has 0 bridgehead atoms. The fourth-order valence-corrected chi connectivity index (χ4v) is 0.924. The summed E-state index contributed by atoms with van der Waals surface area (Å²) in [5.74, 6) is 0. The Morgan fingerprint density at radius 1 is 1.44 bits per heavy atom. The summed E-state index contributed by atoms with van der Waals surface area (Å²) in [7, 11) is 2.11. The van der Waals surface area contributed by atoms with Gasteiger partial charge in [-0.15, -0.1) is 0 Å². The molecule has 0 aromatic heterocycles. The monoisotopic (exact) mass is 123 g/mol. The summed E-state index contributed by atoms with van der Waals surface area (Å²) >= 11 is 0. The molecule has 0 amide bonds. The van der Waals surface area contributed by atoms with Crippen LogP contribution in [0, 0.1) is 0 Å². The van der Waals surface area contributed by atoms with Crippen molar-refractivity contribution in [1.82, 2.24) is 4.90 Å². The Hall–Kier alpha value is -0.720. The summed E-state index contributed by atoms with van der Waals surface area (Å²) in [6.45, 7) is 5.33. The second-order valence-corrected chi connectivity index (χ2v) is 2.61. The van der Waals surface area contributed by atoms with E-state index in [1.54, 1.807) is 0 Å². The van der Waals surface area contributed by atoms with Crippen LogP contribution >= 0.6 is 0 Å². The van der Waals surface area contributed by atoms with Crippen molar-refractivity contribution in [3.63, 3.8) is 0 Å². The highest BCUT2D eigenvalue weighted by atomic mass is 15.1. The molecular weight excluding hydrogens is 110 g/mol. The third-order valence-corrected chi connectivity index (χ3v) is 1.73. The lowest BCUT2D eigenvalue weighted by molar-refractivity contribution is 0.458. The first-order chi connectivity index (χ1) is 4.20. The van der Waals surface area contributed by atoms with Crippen LogP contribution in [0.25, 0.3) is 0 Å². The first-order valence-corrected chi connectivity index (χ1v) is 3.26. The Morgan fingerprint density at radius 3 is 2.56 bits per heavy atom.